The predicted octanol–water partition coefficient (Wildman–Crippen LogP) is 6.60. The van der Waals surface area contributed by atoms with E-state index in [1.807, 2.05) is 44.2 Å². The smallest absolute Gasteiger partial charge is 0.355 e. The standard InChI is InChI=1S/C36H43N3O6/c1-8-26-21(2)29(37-24(26)5)18-31-27(14-16-33(40)43-6)22(3)30(38-31)19-32-28(15-17-34(41)44-7)23(4)35(39-32)36(42)45-20-25-12-10-9-11-13-25/h9-13,18,37,39H,8,14-17,19-20H2,1-7H3/b31-18-. The fourth-order valence-corrected chi connectivity index (χ4v) is 5.91. The first-order valence-electron chi connectivity index (χ1n) is 15.3. The van der Waals surface area contributed by atoms with Gasteiger partial charge >= 0.3 is 17.9 Å². The van der Waals surface area contributed by atoms with Crippen molar-refractivity contribution >= 4 is 29.7 Å². The summed E-state index contributed by atoms with van der Waals surface area (Å²) in [6, 6.07) is 9.50. The zero-order chi connectivity index (χ0) is 32.7. The number of rotatable bonds is 13. The number of aromatic amines is 2. The number of hydrogen-bond donors (Lipinski definition) is 2. The van der Waals surface area contributed by atoms with Crippen molar-refractivity contribution in [3.05, 3.63) is 97.8 Å². The molecule has 1 aliphatic rings. The van der Waals surface area contributed by atoms with Crippen molar-refractivity contribution in [1.29, 1.82) is 0 Å². The zero-order valence-corrected chi connectivity index (χ0v) is 27.3. The van der Waals surface area contributed by atoms with Gasteiger partial charge in [-0.25, -0.2) is 4.79 Å². The van der Waals surface area contributed by atoms with E-state index in [9.17, 15) is 14.4 Å². The summed E-state index contributed by atoms with van der Waals surface area (Å²) in [6.07, 6.45) is 4.65. The summed E-state index contributed by atoms with van der Waals surface area (Å²) in [5.74, 6) is -1.08. The van der Waals surface area contributed by atoms with Crippen LogP contribution in [0, 0.1) is 20.8 Å². The van der Waals surface area contributed by atoms with Crippen LogP contribution in [0.1, 0.15) is 88.5 Å². The molecule has 9 nitrogen and oxygen atoms in total. The molecule has 0 saturated heterocycles. The number of esters is 3. The largest absolute Gasteiger partial charge is 0.469 e. The number of methoxy groups -OCH3 is 2. The molecule has 0 aliphatic carbocycles. The SMILES string of the molecule is CCc1c(C)[nH]c(/C=C2\N=C(Cc3[nH]c(C(=O)OCc4ccccc4)c(C)c3CCC(=O)OC)C(C)=C2CCC(=O)OC)c1C. The number of aromatic nitrogens is 2. The van der Waals surface area contributed by atoms with E-state index in [1.54, 1.807) is 0 Å². The number of H-pyrrole nitrogens is 2. The predicted molar refractivity (Wildman–Crippen MR) is 174 cm³/mol. The quantitative estimate of drug-likeness (QED) is 0.165. The van der Waals surface area contributed by atoms with Gasteiger partial charge in [0, 0.05) is 36.3 Å². The number of nitrogens with one attached hydrogen (secondary N) is 2. The fourth-order valence-electron chi connectivity index (χ4n) is 5.91. The van der Waals surface area contributed by atoms with Crippen molar-refractivity contribution in [3.63, 3.8) is 0 Å². The number of carbonyl (C=O) groups is 3. The Labute approximate surface area is 264 Å². The third-order valence-corrected chi connectivity index (χ3v) is 8.56. The highest BCUT2D eigenvalue weighted by Crippen LogP contribution is 2.34. The first kappa shape index (κ1) is 33.2. The van der Waals surface area contributed by atoms with Crippen molar-refractivity contribution in [1.82, 2.24) is 9.97 Å². The number of hydrogen-bond acceptors (Lipinski definition) is 7. The molecule has 238 valence electrons. The number of aliphatic imine (C=N–C) groups is 1. The lowest BCUT2D eigenvalue weighted by Crippen LogP contribution is -2.08. The highest BCUT2D eigenvalue weighted by molar-refractivity contribution is 6.06. The third-order valence-electron chi connectivity index (χ3n) is 8.56. The Morgan fingerprint density at radius 3 is 2.16 bits per heavy atom. The maximum atomic E-state index is 13.2. The molecule has 0 radical (unpaired) electrons. The fraction of sp³-hybridized carbons (Fsp3) is 0.389. The lowest BCUT2D eigenvalue weighted by Gasteiger charge is -2.08. The number of carbonyl (C=O) groups excluding carboxylic acids is 3. The highest BCUT2D eigenvalue weighted by atomic mass is 16.5. The maximum absolute atomic E-state index is 13.2. The normalized spacial score (nSPS) is 13.8. The van der Waals surface area contributed by atoms with E-state index < -0.39 is 5.97 Å². The first-order chi connectivity index (χ1) is 21.6. The summed E-state index contributed by atoms with van der Waals surface area (Å²) in [5.41, 5.74) is 11.8. The number of aryl methyl sites for hydroxylation is 1. The minimum Gasteiger partial charge on any atom is -0.469 e. The van der Waals surface area contributed by atoms with Crippen LogP contribution in [-0.4, -0.2) is 47.8 Å². The summed E-state index contributed by atoms with van der Waals surface area (Å²) in [4.78, 5) is 49.3. The molecule has 0 fully saturated rings. The van der Waals surface area contributed by atoms with Gasteiger partial charge in [0.1, 0.15) is 12.3 Å². The van der Waals surface area contributed by atoms with Crippen LogP contribution < -0.4 is 0 Å². The molecule has 0 atom stereocenters. The van der Waals surface area contributed by atoms with Crippen molar-refractivity contribution in [3.8, 4) is 0 Å². The number of nitrogens with zero attached hydrogens (tertiary/aromatic N) is 1. The van der Waals surface area contributed by atoms with Crippen molar-refractivity contribution < 1.29 is 28.6 Å². The second-order valence-electron chi connectivity index (χ2n) is 11.3. The van der Waals surface area contributed by atoms with E-state index in [1.165, 1.54) is 25.3 Å². The molecular weight excluding hydrogens is 570 g/mol. The van der Waals surface area contributed by atoms with E-state index >= 15 is 0 Å². The molecule has 0 unspecified atom stereocenters. The van der Waals surface area contributed by atoms with Crippen LogP contribution in [0.5, 0.6) is 0 Å². The molecule has 0 amide bonds. The Balaban J connectivity index is 1.70. The van der Waals surface area contributed by atoms with Crippen LogP contribution in [0.25, 0.3) is 6.08 Å². The Hall–Kier alpha value is -4.66. The van der Waals surface area contributed by atoms with Crippen LogP contribution in [-0.2, 0) is 49.7 Å². The summed E-state index contributed by atoms with van der Waals surface area (Å²) in [6.45, 7) is 10.3. The molecular formula is C36H43N3O6. The van der Waals surface area contributed by atoms with Crippen LogP contribution in [0.15, 0.2) is 52.2 Å². The van der Waals surface area contributed by atoms with Crippen molar-refractivity contribution in [2.45, 2.75) is 79.8 Å². The zero-order valence-electron chi connectivity index (χ0n) is 27.3. The molecule has 0 spiro atoms. The van der Waals surface area contributed by atoms with E-state index in [0.29, 0.717) is 25.0 Å². The average Bonchev–Trinajstić information content (AvgIpc) is 3.62. The molecule has 45 heavy (non-hydrogen) atoms. The molecule has 2 N–H and O–H groups in total. The average molecular weight is 614 g/mol. The third kappa shape index (κ3) is 7.71. The first-order valence-corrected chi connectivity index (χ1v) is 15.3. The van der Waals surface area contributed by atoms with Gasteiger partial charge in [-0.15, -0.1) is 0 Å². The van der Waals surface area contributed by atoms with E-state index in [-0.39, 0.29) is 31.4 Å². The summed E-state index contributed by atoms with van der Waals surface area (Å²) >= 11 is 0. The van der Waals surface area contributed by atoms with Crippen LogP contribution in [0.4, 0.5) is 0 Å². The summed E-state index contributed by atoms with van der Waals surface area (Å²) in [5, 5.41) is 0. The van der Waals surface area contributed by atoms with Gasteiger partial charge in [-0.2, -0.15) is 0 Å². The Morgan fingerprint density at radius 2 is 1.53 bits per heavy atom. The van der Waals surface area contributed by atoms with E-state index in [2.05, 4.69) is 36.8 Å². The van der Waals surface area contributed by atoms with Crippen LogP contribution in [0.3, 0.4) is 0 Å². The maximum Gasteiger partial charge on any atom is 0.355 e. The molecule has 0 saturated carbocycles. The minimum absolute atomic E-state index is 0.147. The van der Waals surface area contributed by atoms with E-state index in [4.69, 9.17) is 19.2 Å². The molecule has 2 aromatic heterocycles. The highest BCUT2D eigenvalue weighted by Gasteiger charge is 2.26. The Morgan fingerprint density at radius 1 is 0.867 bits per heavy atom. The molecule has 3 aromatic rings. The number of allylic oxidation sites excluding steroid dienone is 2. The Kier molecular flexibility index (Phi) is 11.0. The van der Waals surface area contributed by atoms with Gasteiger partial charge in [0.2, 0.25) is 0 Å². The van der Waals surface area contributed by atoms with Gasteiger partial charge in [-0.3, -0.25) is 14.6 Å². The molecule has 1 aliphatic heterocycles. The molecule has 4 rings (SSSR count). The second kappa shape index (κ2) is 14.9. The number of benzene rings is 1. The van der Waals surface area contributed by atoms with Crippen LogP contribution in [0.2, 0.25) is 0 Å². The van der Waals surface area contributed by atoms with Crippen LogP contribution >= 0.6 is 0 Å². The van der Waals surface area contributed by atoms with Crippen molar-refractivity contribution in [2.75, 3.05) is 14.2 Å². The molecule has 3 heterocycles. The minimum atomic E-state index is -0.466. The molecule has 0 bridgehead atoms. The van der Waals surface area contributed by atoms with Gasteiger partial charge in [-0.1, -0.05) is 37.3 Å². The lowest BCUT2D eigenvalue weighted by molar-refractivity contribution is -0.141. The Bertz CT molecular complexity index is 1670. The van der Waals surface area contributed by atoms with Gasteiger partial charge in [0.05, 0.1) is 25.6 Å². The van der Waals surface area contributed by atoms with E-state index in [0.717, 1.165) is 62.7 Å². The van der Waals surface area contributed by atoms with Gasteiger partial charge in [0.25, 0.3) is 0 Å². The molecule has 9 heteroatoms. The van der Waals surface area contributed by atoms with Gasteiger partial charge < -0.3 is 24.2 Å². The summed E-state index contributed by atoms with van der Waals surface area (Å²) < 4.78 is 15.5. The monoisotopic (exact) mass is 613 g/mol. The van der Waals surface area contributed by atoms with Gasteiger partial charge in [-0.05, 0) is 92.0 Å². The van der Waals surface area contributed by atoms with Crippen molar-refractivity contribution in [2.24, 2.45) is 4.99 Å². The lowest BCUT2D eigenvalue weighted by atomic mass is 9.96. The second-order valence-corrected chi connectivity index (χ2v) is 11.3. The number of ether oxygens (including phenoxy) is 3. The molecule has 1 aromatic carbocycles. The summed E-state index contributed by atoms with van der Waals surface area (Å²) in [7, 11) is 2.75. The van der Waals surface area contributed by atoms with Gasteiger partial charge in [0.15, 0.2) is 0 Å². The topological polar surface area (TPSA) is 123 Å².